The second-order valence-electron chi connectivity index (χ2n) is 9.98. The number of rotatable bonds is 8. The van der Waals surface area contributed by atoms with E-state index in [4.69, 9.17) is 11.1 Å². The zero-order chi connectivity index (χ0) is 29.0. The fraction of sp³-hybridized carbons (Fsp3) is 0.194. The van der Waals surface area contributed by atoms with E-state index in [1.807, 2.05) is 30.3 Å². The third kappa shape index (κ3) is 6.45. The van der Waals surface area contributed by atoms with E-state index in [-0.39, 0.29) is 42.1 Å². The summed E-state index contributed by atoms with van der Waals surface area (Å²) in [5.74, 6) is -0.604. The highest BCUT2D eigenvalue weighted by Gasteiger charge is 2.32. The highest BCUT2D eigenvalue weighted by atomic mass is 32.2. The van der Waals surface area contributed by atoms with Crippen molar-refractivity contribution in [1.82, 2.24) is 14.5 Å². The predicted molar refractivity (Wildman–Crippen MR) is 158 cm³/mol. The van der Waals surface area contributed by atoms with E-state index in [0.717, 1.165) is 10.8 Å². The number of hydrogen-bond acceptors (Lipinski definition) is 5. The third-order valence-corrected chi connectivity index (χ3v) is 8.67. The number of carbonyl (C=O) groups excluding carboxylic acids is 2. The first-order valence-corrected chi connectivity index (χ1v) is 14.8. The number of piperazine rings is 1. The Labute approximate surface area is 239 Å². The Hall–Kier alpha value is -4.54. The van der Waals surface area contributed by atoms with Crippen LogP contribution in [0.2, 0.25) is 0 Å². The van der Waals surface area contributed by atoms with Gasteiger partial charge in [0.15, 0.2) is 0 Å². The van der Waals surface area contributed by atoms with Gasteiger partial charge in [-0.15, -0.1) is 0 Å². The van der Waals surface area contributed by atoms with Crippen molar-refractivity contribution < 1.29 is 18.0 Å². The summed E-state index contributed by atoms with van der Waals surface area (Å²) >= 11 is 0. The molecule has 0 aromatic heterocycles. The fourth-order valence-electron chi connectivity index (χ4n) is 4.98. The zero-order valence-corrected chi connectivity index (χ0v) is 23.2. The Morgan fingerprint density at radius 2 is 1.41 bits per heavy atom. The van der Waals surface area contributed by atoms with Crippen molar-refractivity contribution in [3.63, 3.8) is 0 Å². The molecule has 1 aliphatic rings. The van der Waals surface area contributed by atoms with Crippen molar-refractivity contribution in [3.05, 3.63) is 114 Å². The number of nitrogens with two attached hydrogens (primary N) is 1. The van der Waals surface area contributed by atoms with Crippen LogP contribution in [0, 0.1) is 5.41 Å². The number of amidine groups is 1. The lowest BCUT2D eigenvalue weighted by atomic mass is 10.0. The van der Waals surface area contributed by atoms with Crippen molar-refractivity contribution >= 4 is 38.4 Å². The van der Waals surface area contributed by atoms with Gasteiger partial charge in [-0.1, -0.05) is 66.7 Å². The van der Waals surface area contributed by atoms with Gasteiger partial charge >= 0.3 is 0 Å². The number of nitrogen functional groups attached to an aromatic ring is 1. The van der Waals surface area contributed by atoms with Gasteiger partial charge in [-0.05, 0) is 53.1 Å². The molecule has 0 radical (unpaired) electrons. The van der Waals surface area contributed by atoms with Crippen molar-refractivity contribution in [1.29, 1.82) is 5.41 Å². The van der Waals surface area contributed by atoms with Gasteiger partial charge in [-0.2, -0.15) is 4.72 Å². The molecule has 0 bridgehead atoms. The first-order chi connectivity index (χ1) is 19.7. The summed E-state index contributed by atoms with van der Waals surface area (Å²) in [5, 5.41) is 9.43. The van der Waals surface area contributed by atoms with Crippen LogP contribution in [-0.2, 0) is 21.2 Å². The highest BCUT2D eigenvalue weighted by molar-refractivity contribution is 7.89. The van der Waals surface area contributed by atoms with Crippen molar-refractivity contribution in [2.75, 3.05) is 26.2 Å². The van der Waals surface area contributed by atoms with E-state index in [9.17, 15) is 18.0 Å². The van der Waals surface area contributed by atoms with Crippen LogP contribution < -0.4 is 10.5 Å². The number of nitrogens with zero attached hydrogens (tertiary/aromatic N) is 2. The predicted octanol–water partition coefficient (Wildman–Crippen LogP) is 3.00. The normalized spacial score (nSPS) is 14.5. The largest absolute Gasteiger partial charge is 0.384 e. The van der Waals surface area contributed by atoms with Crippen LogP contribution in [0.4, 0.5) is 0 Å². The van der Waals surface area contributed by atoms with Crippen molar-refractivity contribution in [3.8, 4) is 0 Å². The molecule has 1 heterocycles. The Morgan fingerprint density at radius 3 is 2.12 bits per heavy atom. The lowest BCUT2D eigenvalue weighted by Crippen LogP contribution is -2.56. The zero-order valence-electron chi connectivity index (χ0n) is 22.4. The Bertz CT molecular complexity index is 1700. The van der Waals surface area contributed by atoms with Crippen LogP contribution in [0.25, 0.3) is 10.8 Å². The van der Waals surface area contributed by atoms with E-state index in [1.165, 1.54) is 6.07 Å². The molecule has 1 atom stereocenters. The van der Waals surface area contributed by atoms with Crippen molar-refractivity contribution in [2.24, 2.45) is 5.73 Å². The summed E-state index contributed by atoms with van der Waals surface area (Å²) < 4.78 is 29.7. The van der Waals surface area contributed by atoms with Crippen LogP contribution in [0.3, 0.4) is 0 Å². The van der Waals surface area contributed by atoms with E-state index in [0.29, 0.717) is 29.8 Å². The monoisotopic (exact) mass is 569 g/mol. The van der Waals surface area contributed by atoms with E-state index < -0.39 is 16.1 Å². The maximum atomic E-state index is 13.8. The quantitative estimate of drug-likeness (QED) is 0.221. The molecule has 4 aromatic rings. The molecule has 1 fully saturated rings. The molecule has 4 N–H and O–H groups in total. The topological polar surface area (TPSA) is 137 Å². The average Bonchev–Trinajstić information content (AvgIpc) is 3.00. The lowest BCUT2D eigenvalue weighted by molar-refractivity contribution is -0.134. The van der Waals surface area contributed by atoms with Crippen LogP contribution in [0.1, 0.15) is 21.5 Å². The van der Waals surface area contributed by atoms with E-state index >= 15 is 0 Å². The molecule has 1 unspecified atom stereocenters. The minimum absolute atomic E-state index is 0.0600. The minimum Gasteiger partial charge on any atom is -0.384 e. The van der Waals surface area contributed by atoms with Gasteiger partial charge in [0.25, 0.3) is 5.91 Å². The molecule has 210 valence electrons. The van der Waals surface area contributed by atoms with E-state index in [1.54, 1.807) is 70.5 Å². The molecule has 0 aliphatic carbocycles. The van der Waals surface area contributed by atoms with Gasteiger partial charge in [-0.3, -0.25) is 15.0 Å². The average molecular weight is 570 g/mol. The molecule has 1 aliphatic heterocycles. The summed E-state index contributed by atoms with van der Waals surface area (Å²) in [4.78, 5) is 30.0. The van der Waals surface area contributed by atoms with Gasteiger partial charge in [0, 0.05) is 37.3 Å². The SMILES string of the molecule is N=C(N)c1cccc(CC(NS(=O)(=O)c2ccc3ccccc3c2)C(=O)N2CCN(C(=O)c3ccccc3)CC2)c1. The molecule has 2 amide bonds. The number of sulfonamides is 1. The Morgan fingerprint density at radius 1 is 0.780 bits per heavy atom. The summed E-state index contributed by atoms with van der Waals surface area (Å²) in [6, 6.07) is 27.0. The van der Waals surface area contributed by atoms with Crippen LogP contribution >= 0.6 is 0 Å². The van der Waals surface area contributed by atoms with Crippen LogP contribution in [0.15, 0.2) is 102 Å². The second-order valence-corrected chi connectivity index (χ2v) is 11.7. The van der Waals surface area contributed by atoms with Gasteiger partial charge in [0.05, 0.1) is 4.90 Å². The summed E-state index contributed by atoms with van der Waals surface area (Å²) in [7, 11) is -4.07. The second kappa shape index (κ2) is 11.9. The van der Waals surface area contributed by atoms with Crippen LogP contribution in [-0.4, -0.2) is 68.1 Å². The molecule has 5 rings (SSSR count). The fourth-order valence-corrected chi connectivity index (χ4v) is 6.21. The number of carbonyl (C=O) groups is 2. The molecule has 41 heavy (non-hydrogen) atoms. The molecule has 10 heteroatoms. The molecule has 9 nitrogen and oxygen atoms in total. The maximum absolute atomic E-state index is 13.8. The van der Waals surface area contributed by atoms with Gasteiger partial charge < -0.3 is 15.5 Å². The van der Waals surface area contributed by atoms with Gasteiger partial charge in [-0.25, -0.2) is 8.42 Å². The van der Waals surface area contributed by atoms with Gasteiger partial charge in [0.2, 0.25) is 15.9 Å². The third-order valence-electron chi connectivity index (χ3n) is 7.20. The van der Waals surface area contributed by atoms with Crippen LogP contribution in [0.5, 0.6) is 0 Å². The number of benzene rings is 4. The van der Waals surface area contributed by atoms with E-state index in [2.05, 4.69) is 4.72 Å². The first-order valence-electron chi connectivity index (χ1n) is 13.3. The standard InChI is InChI=1S/C31H31N5O4S/c32-29(33)26-12-6-7-22(19-26)20-28(34-41(39,40)27-14-13-23-8-4-5-11-25(23)21-27)31(38)36-17-15-35(16-18-36)30(37)24-9-2-1-3-10-24/h1-14,19,21,28,34H,15-18,20H2,(H3,32,33). The number of fused-ring (bicyclic) bond motifs is 1. The Kier molecular flexibility index (Phi) is 8.14. The number of hydrogen-bond donors (Lipinski definition) is 3. The molecule has 1 saturated heterocycles. The minimum atomic E-state index is -4.07. The smallest absolute Gasteiger partial charge is 0.253 e. The maximum Gasteiger partial charge on any atom is 0.253 e. The Balaban J connectivity index is 1.37. The molecule has 4 aromatic carbocycles. The number of nitrogens with one attached hydrogen (secondary N) is 2. The summed E-state index contributed by atoms with van der Waals surface area (Å²) in [6.45, 7) is 1.23. The summed E-state index contributed by atoms with van der Waals surface area (Å²) in [6.07, 6.45) is 0.0654. The van der Waals surface area contributed by atoms with Crippen molar-refractivity contribution in [2.45, 2.75) is 17.4 Å². The summed E-state index contributed by atoms with van der Waals surface area (Å²) in [5.41, 5.74) is 7.39. The lowest BCUT2D eigenvalue weighted by Gasteiger charge is -2.36. The molecular weight excluding hydrogens is 538 g/mol. The highest BCUT2D eigenvalue weighted by Crippen LogP contribution is 2.20. The molecule has 0 spiro atoms. The number of amides is 2. The molecular formula is C31H31N5O4S. The first kappa shape index (κ1) is 28.0. The van der Waals surface area contributed by atoms with Gasteiger partial charge in [0.1, 0.15) is 11.9 Å². The molecule has 0 saturated carbocycles.